The van der Waals surface area contributed by atoms with Gasteiger partial charge in [-0.2, -0.15) is 0 Å². The number of amides is 2. The summed E-state index contributed by atoms with van der Waals surface area (Å²) in [6, 6.07) is 7.25. The normalized spacial score (nSPS) is 20.2. The highest BCUT2D eigenvalue weighted by molar-refractivity contribution is 5.96. The van der Waals surface area contributed by atoms with E-state index >= 15 is 0 Å². The average Bonchev–Trinajstić information content (AvgIpc) is 2.83. The van der Waals surface area contributed by atoms with Gasteiger partial charge in [0.25, 0.3) is 0 Å². The van der Waals surface area contributed by atoms with E-state index in [1.54, 1.807) is 0 Å². The molecule has 2 aliphatic heterocycles. The van der Waals surface area contributed by atoms with Gasteiger partial charge < -0.3 is 15.4 Å². The van der Waals surface area contributed by atoms with Crippen LogP contribution in [0.5, 0.6) is 0 Å². The third-order valence-corrected chi connectivity index (χ3v) is 4.88. The van der Waals surface area contributed by atoms with Crippen LogP contribution in [0.2, 0.25) is 0 Å². The van der Waals surface area contributed by atoms with Gasteiger partial charge in [0, 0.05) is 11.4 Å². The van der Waals surface area contributed by atoms with Crippen LogP contribution in [0.15, 0.2) is 24.3 Å². The number of benzene rings is 1. The molecule has 2 fully saturated rings. The van der Waals surface area contributed by atoms with E-state index in [4.69, 9.17) is 4.74 Å². The largest absolute Gasteiger partial charge is 0.379 e. The Morgan fingerprint density at radius 3 is 2.08 bits per heavy atom. The summed E-state index contributed by atoms with van der Waals surface area (Å²) in [7, 11) is 0. The third-order valence-electron chi connectivity index (χ3n) is 4.88. The van der Waals surface area contributed by atoms with Gasteiger partial charge in [-0.25, -0.2) is 0 Å². The molecular formula is C19H27N3O3. The van der Waals surface area contributed by atoms with Gasteiger partial charge in [-0.3, -0.25) is 14.5 Å². The van der Waals surface area contributed by atoms with Crippen LogP contribution in [0.25, 0.3) is 0 Å². The first-order valence-electron chi connectivity index (χ1n) is 9.07. The first kappa shape index (κ1) is 17.9. The van der Waals surface area contributed by atoms with Crippen molar-refractivity contribution in [3.05, 3.63) is 24.3 Å². The van der Waals surface area contributed by atoms with Gasteiger partial charge in [0.15, 0.2) is 0 Å². The van der Waals surface area contributed by atoms with Crippen LogP contribution in [0, 0.1) is 5.41 Å². The van der Waals surface area contributed by atoms with Gasteiger partial charge >= 0.3 is 0 Å². The Balaban J connectivity index is 1.48. The highest BCUT2D eigenvalue weighted by atomic mass is 16.5. The summed E-state index contributed by atoms with van der Waals surface area (Å²) >= 11 is 0. The zero-order chi connectivity index (χ0) is 17.7. The van der Waals surface area contributed by atoms with Crippen molar-refractivity contribution in [2.75, 3.05) is 43.5 Å². The van der Waals surface area contributed by atoms with Crippen LogP contribution in [-0.2, 0) is 14.3 Å². The summed E-state index contributed by atoms with van der Waals surface area (Å²) in [6.07, 6.45) is 4.87. The maximum atomic E-state index is 12.2. The van der Waals surface area contributed by atoms with Crippen molar-refractivity contribution in [3.63, 3.8) is 0 Å². The summed E-state index contributed by atoms with van der Waals surface area (Å²) < 4.78 is 5.12. The van der Waals surface area contributed by atoms with Crippen molar-refractivity contribution in [1.82, 2.24) is 4.90 Å². The highest BCUT2D eigenvalue weighted by Gasteiger charge is 2.41. The molecule has 3 rings (SSSR count). The zero-order valence-corrected chi connectivity index (χ0v) is 14.8. The van der Waals surface area contributed by atoms with E-state index in [-0.39, 0.29) is 11.8 Å². The van der Waals surface area contributed by atoms with E-state index in [1.807, 2.05) is 31.2 Å². The summed E-state index contributed by atoms with van der Waals surface area (Å²) in [5.74, 6) is -0.0190. The number of nitrogens with one attached hydrogen (secondary N) is 2. The number of ether oxygens (including phenoxy) is 1. The van der Waals surface area contributed by atoms with Gasteiger partial charge in [0.1, 0.15) is 0 Å². The maximum absolute atomic E-state index is 12.2. The fraction of sp³-hybridized carbons (Fsp3) is 0.579. The van der Waals surface area contributed by atoms with E-state index in [1.165, 1.54) is 25.7 Å². The first-order valence-corrected chi connectivity index (χ1v) is 9.07. The molecule has 2 N–H and O–H groups in total. The molecule has 6 heteroatoms. The molecule has 0 bridgehead atoms. The number of carbonyl (C=O) groups excluding carboxylic acids is 2. The lowest BCUT2D eigenvalue weighted by molar-refractivity contribution is -0.151. The van der Waals surface area contributed by atoms with Crippen LogP contribution in [-0.4, -0.2) is 49.6 Å². The molecule has 0 unspecified atom stereocenters. The van der Waals surface area contributed by atoms with Crippen molar-refractivity contribution in [2.45, 2.75) is 32.6 Å². The van der Waals surface area contributed by atoms with Gasteiger partial charge in [-0.1, -0.05) is 12.8 Å². The van der Waals surface area contributed by atoms with Crippen LogP contribution in [0.3, 0.4) is 0 Å². The van der Waals surface area contributed by atoms with Crippen LogP contribution >= 0.6 is 0 Å². The predicted molar refractivity (Wildman–Crippen MR) is 97.5 cm³/mol. The molecule has 2 heterocycles. The third kappa shape index (κ3) is 4.80. The molecule has 0 saturated carbocycles. The second-order valence-electron chi connectivity index (χ2n) is 7.32. The Morgan fingerprint density at radius 2 is 1.56 bits per heavy atom. The van der Waals surface area contributed by atoms with Crippen molar-refractivity contribution in [2.24, 2.45) is 5.41 Å². The van der Waals surface area contributed by atoms with E-state index in [9.17, 15) is 9.59 Å². The minimum absolute atomic E-state index is 0.0119. The zero-order valence-electron chi connectivity index (χ0n) is 14.8. The van der Waals surface area contributed by atoms with Crippen molar-refractivity contribution in [3.8, 4) is 0 Å². The summed E-state index contributed by atoms with van der Waals surface area (Å²) in [4.78, 5) is 26.6. The molecule has 25 heavy (non-hydrogen) atoms. The van der Waals surface area contributed by atoms with Gasteiger partial charge in [-0.15, -0.1) is 0 Å². The molecule has 2 saturated heterocycles. The monoisotopic (exact) mass is 345 g/mol. The van der Waals surface area contributed by atoms with E-state index in [0.717, 1.165) is 24.5 Å². The van der Waals surface area contributed by atoms with Crippen molar-refractivity contribution in [1.29, 1.82) is 0 Å². The van der Waals surface area contributed by atoms with Crippen LogP contribution in [0.4, 0.5) is 11.4 Å². The summed E-state index contributed by atoms with van der Waals surface area (Å²) in [6.45, 7) is 5.26. The van der Waals surface area contributed by atoms with Gasteiger partial charge in [0.05, 0.1) is 25.2 Å². The smallest absolute Gasteiger partial charge is 0.238 e. The van der Waals surface area contributed by atoms with Gasteiger partial charge in [0.2, 0.25) is 11.8 Å². The second-order valence-corrected chi connectivity index (χ2v) is 7.32. The second kappa shape index (κ2) is 7.97. The molecule has 0 aromatic heterocycles. The standard InChI is InChI=1S/C19H27N3O3/c1-19(13-25-14-19)18(24)21-16-8-6-15(7-9-16)20-17(23)12-22-10-4-2-3-5-11-22/h6-9H,2-5,10-14H2,1H3,(H,20,23)(H,21,24). The van der Waals surface area contributed by atoms with E-state index in [2.05, 4.69) is 15.5 Å². The molecule has 2 aliphatic rings. The molecule has 2 amide bonds. The molecule has 0 spiro atoms. The minimum atomic E-state index is -0.431. The van der Waals surface area contributed by atoms with E-state index in [0.29, 0.717) is 19.8 Å². The molecule has 0 atom stereocenters. The lowest BCUT2D eigenvalue weighted by Crippen LogP contribution is -2.49. The molecule has 6 nitrogen and oxygen atoms in total. The number of likely N-dealkylation sites (tertiary alicyclic amines) is 1. The van der Waals surface area contributed by atoms with Gasteiger partial charge in [-0.05, 0) is 57.1 Å². The molecule has 136 valence electrons. The number of rotatable bonds is 5. The van der Waals surface area contributed by atoms with E-state index < -0.39 is 5.41 Å². The summed E-state index contributed by atoms with van der Waals surface area (Å²) in [5, 5.41) is 5.83. The van der Waals surface area contributed by atoms with Crippen LogP contribution < -0.4 is 10.6 Å². The fourth-order valence-corrected chi connectivity index (χ4v) is 3.16. The number of nitrogens with zero attached hydrogens (tertiary/aromatic N) is 1. The number of carbonyl (C=O) groups is 2. The molecular weight excluding hydrogens is 318 g/mol. The quantitative estimate of drug-likeness (QED) is 0.860. The lowest BCUT2D eigenvalue weighted by Gasteiger charge is -2.36. The van der Waals surface area contributed by atoms with Crippen molar-refractivity contribution < 1.29 is 14.3 Å². The maximum Gasteiger partial charge on any atom is 0.238 e. The number of hydrogen-bond acceptors (Lipinski definition) is 4. The Bertz CT molecular complexity index is 603. The number of anilines is 2. The van der Waals surface area contributed by atoms with Crippen LogP contribution in [0.1, 0.15) is 32.6 Å². The minimum Gasteiger partial charge on any atom is -0.379 e. The first-order chi connectivity index (χ1) is 12.0. The Kier molecular flexibility index (Phi) is 5.71. The predicted octanol–water partition coefficient (Wildman–Crippen LogP) is 2.48. The highest BCUT2D eigenvalue weighted by Crippen LogP contribution is 2.28. The molecule has 1 aromatic rings. The molecule has 1 aromatic carbocycles. The SMILES string of the molecule is CC1(C(=O)Nc2ccc(NC(=O)CN3CCCCCC3)cc2)COC1. The Labute approximate surface area is 148 Å². The fourth-order valence-electron chi connectivity index (χ4n) is 3.16. The summed E-state index contributed by atoms with van der Waals surface area (Å²) in [5.41, 5.74) is 1.04. The topological polar surface area (TPSA) is 70.7 Å². The average molecular weight is 345 g/mol. The number of hydrogen-bond donors (Lipinski definition) is 2. The lowest BCUT2D eigenvalue weighted by atomic mass is 9.87. The van der Waals surface area contributed by atoms with Crippen molar-refractivity contribution >= 4 is 23.2 Å². The Morgan fingerprint density at radius 1 is 1.00 bits per heavy atom. The molecule has 0 radical (unpaired) electrons. The molecule has 0 aliphatic carbocycles. The Hall–Kier alpha value is -1.92.